The van der Waals surface area contributed by atoms with E-state index in [1.54, 1.807) is 0 Å². The summed E-state index contributed by atoms with van der Waals surface area (Å²) in [4.78, 5) is 27.0. The molecule has 0 fully saturated rings. The topological polar surface area (TPSA) is 82.1 Å². The smallest absolute Gasteiger partial charge is 0.329 e. The third-order valence-corrected chi connectivity index (χ3v) is 5.17. The van der Waals surface area contributed by atoms with E-state index in [9.17, 15) is 14.0 Å². The van der Waals surface area contributed by atoms with E-state index in [0.717, 1.165) is 10.4 Å². The minimum Gasteiger partial charge on any atom is -0.329 e. The zero-order valence-corrected chi connectivity index (χ0v) is 15.2. The van der Waals surface area contributed by atoms with Gasteiger partial charge in [0.25, 0.3) is 5.56 Å². The van der Waals surface area contributed by atoms with E-state index >= 15 is 0 Å². The van der Waals surface area contributed by atoms with Crippen molar-refractivity contribution < 1.29 is 4.39 Å². The van der Waals surface area contributed by atoms with Crippen molar-refractivity contribution in [3.05, 3.63) is 31.3 Å². The largest absolute Gasteiger partial charge is 0.332 e. The molecule has 0 atom stereocenters. The molecule has 2 aromatic rings. The molecule has 0 saturated carbocycles. The zero-order valence-electron chi connectivity index (χ0n) is 14.4. The van der Waals surface area contributed by atoms with Gasteiger partial charge in [-0.2, -0.15) is 0 Å². The van der Waals surface area contributed by atoms with Crippen molar-refractivity contribution in [3.63, 3.8) is 0 Å². The molecule has 3 N–H and O–H groups in total. The second kappa shape index (κ2) is 8.04. The number of nitrogens with two attached hydrogens (primary N) is 1. The highest BCUT2D eigenvalue weighted by Crippen LogP contribution is 2.27. The molecule has 0 saturated heterocycles. The Balaban J connectivity index is 2.68. The number of alkyl halides is 1. The van der Waals surface area contributed by atoms with Gasteiger partial charge in [-0.05, 0) is 18.4 Å². The van der Waals surface area contributed by atoms with Crippen molar-refractivity contribution in [2.24, 2.45) is 11.7 Å². The van der Waals surface area contributed by atoms with Crippen molar-refractivity contribution in [2.45, 2.75) is 40.4 Å². The van der Waals surface area contributed by atoms with Gasteiger partial charge in [-0.15, -0.1) is 11.3 Å². The average Bonchev–Trinajstić information content (AvgIpc) is 2.85. The number of thiophene rings is 1. The third-order valence-electron chi connectivity index (χ3n) is 3.86. The summed E-state index contributed by atoms with van der Waals surface area (Å²) in [5, 5.41) is 3.73. The van der Waals surface area contributed by atoms with Gasteiger partial charge in [-0.3, -0.25) is 13.9 Å². The van der Waals surface area contributed by atoms with E-state index in [-0.39, 0.29) is 18.0 Å². The van der Waals surface area contributed by atoms with Crippen LogP contribution in [0.2, 0.25) is 0 Å². The number of nitrogens with zero attached hydrogens (tertiary/aromatic N) is 2. The molecular formula is C16H25FN4O2S. The van der Waals surface area contributed by atoms with E-state index in [2.05, 4.69) is 5.32 Å². The molecule has 0 radical (unpaired) electrons. The fraction of sp³-hybridized carbons (Fsp3) is 0.625. The predicted molar refractivity (Wildman–Crippen MR) is 96.7 cm³/mol. The minimum absolute atomic E-state index is 0.0384. The van der Waals surface area contributed by atoms with Crippen LogP contribution in [0.5, 0.6) is 0 Å². The molecule has 134 valence electrons. The number of halogens is 1. The second-order valence-corrected chi connectivity index (χ2v) is 7.31. The van der Waals surface area contributed by atoms with Gasteiger partial charge in [0.15, 0.2) is 0 Å². The lowest BCUT2D eigenvalue weighted by Gasteiger charge is -2.12. The van der Waals surface area contributed by atoms with Gasteiger partial charge in [0.05, 0.1) is 11.9 Å². The van der Waals surface area contributed by atoms with Crippen molar-refractivity contribution in [1.82, 2.24) is 14.5 Å². The third kappa shape index (κ3) is 3.60. The summed E-state index contributed by atoms with van der Waals surface area (Å²) in [7, 11) is 0. The highest BCUT2D eigenvalue weighted by molar-refractivity contribution is 7.18. The van der Waals surface area contributed by atoms with E-state index in [1.807, 2.05) is 20.8 Å². The fourth-order valence-corrected chi connectivity index (χ4v) is 4.01. The van der Waals surface area contributed by atoms with Crippen molar-refractivity contribution in [1.29, 1.82) is 0 Å². The number of fused-ring (bicyclic) bond motifs is 1. The molecule has 0 aliphatic rings. The fourth-order valence-electron chi connectivity index (χ4n) is 2.72. The lowest BCUT2D eigenvalue weighted by atomic mass is 10.2. The molecule has 0 unspecified atom stereocenters. The maximum Gasteiger partial charge on any atom is 0.332 e. The van der Waals surface area contributed by atoms with Gasteiger partial charge in [-0.25, -0.2) is 9.18 Å². The van der Waals surface area contributed by atoms with Gasteiger partial charge in [-0.1, -0.05) is 13.8 Å². The molecule has 2 aromatic heterocycles. The number of rotatable bonds is 8. The van der Waals surface area contributed by atoms with Gasteiger partial charge >= 0.3 is 5.69 Å². The monoisotopic (exact) mass is 356 g/mol. The van der Waals surface area contributed by atoms with Crippen LogP contribution in [0.4, 0.5) is 4.39 Å². The summed E-state index contributed by atoms with van der Waals surface area (Å²) in [5.74, 6) is 0.149. The number of aryl methyl sites for hydroxylation is 2. The lowest BCUT2D eigenvalue weighted by Crippen LogP contribution is -2.41. The Morgan fingerprint density at radius 1 is 1.29 bits per heavy atom. The molecular weight excluding hydrogens is 331 g/mol. The van der Waals surface area contributed by atoms with E-state index < -0.39 is 12.4 Å². The predicted octanol–water partition coefficient (Wildman–Crippen LogP) is 1.21. The average molecular weight is 356 g/mol. The van der Waals surface area contributed by atoms with Gasteiger partial charge in [0, 0.05) is 31.1 Å². The normalized spacial score (nSPS) is 11.8. The standard InChI is InChI=1S/C16H25FN4O2S/c1-10(2)9-21-14(22)13-11(3)12(8-19-6-5-18)24-15(13)20(7-4-17)16(21)23/h10,19H,4-9,18H2,1-3H3. The van der Waals surface area contributed by atoms with Gasteiger partial charge in [0.2, 0.25) is 0 Å². The zero-order chi connectivity index (χ0) is 17.9. The Kier molecular flexibility index (Phi) is 6.31. The lowest BCUT2D eigenvalue weighted by molar-refractivity contribution is 0.424. The van der Waals surface area contributed by atoms with Crippen molar-refractivity contribution >= 4 is 21.6 Å². The maximum atomic E-state index is 13.0. The van der Waals surface area contributed by atoms with Crippen LogP contribution in [-0.2, 0) is 19.6 Å². The summed E-state index contributed by atoms with van der Waals surface area (Å²) < 4.78 is 15.6. The Hall–Kier alpha value is -1.51. The van der Waals surface area contributed by atoms with Crippen LogP contribution in [0, 0.1) is 12.8 Å². The van der Waals surface area contributed by atoms with Gasteiger partial charge < -0.3 is 11.1 Å². The Labute approximate surface area is 144 Å². The molecule has 2 rings (SSSR count). The quantitative estimate of drug-likeness (QED) is 0.697. The molecule has 0 spiro atoms. The molecule has 0 bridgehead atoms. The Morgan fingerprint density at radius 3 is 2.58 bits per heavy atom. The number of aromatic nitrogens is 2. The highest BCUT2D eigenvalue weighted by Gasteiger charge is 2.20. The summed E-state index contributed by atoms with van der Waals surface area (Å²) in [6, 6.07) is 0. The van der Waals surface area contributed by atoms with E-state index in [1.165, 1.54) is 20.5 Å². The molecule has 8 heteroatoms. The molecule has 0 amide bonds. The van der Waals surface area contributed by atoms with E-state index in [4.69, 9.17) is 5.73 Å². The van der Waals surface area contributed by atoms with Crippen LogP contribution in [0.1, 0.15) is 24.3 Å². The summed E-state index contributed by atoms with van der Waals surface area (Å²) >= 11 is 1.38. The Morgan fingerprint density at radius 2 is 2.00 bits per heavy atom. The number of hydrogen-bond acceptors (Lipinski definition) is 5. The molecule has 2 heterocycles. The molecule has 0 aliphatic carbocycles. The molecule has 24 heavy (non-hydrogen) atoms. The Bertz CT molecular complexity index is 822. The first-order chi connectivity index (χ1) is 11.4. The van der Waals surface area contributed by atoms with Crippen molar-refractivity contribution in [3.8, 4) is 0 Å². The second-order valence-electron chi connectivity index (χ2n) is 6.23. The maximum absolute atomic E-state index is 13.0. The van der Waals surface area contributed by atoms with Gasteiger partial charge in [0.1, 0.15) is 11.5 Å². The first-order valence-corrected chi connectivity index (χ1v) is 8.96. The summed E-state index contributed by atoms with van der Waals surface area (Å²) in [6.07, 6.45) is 0. The minimum atomic E-state index is -0.646. The first-order valence-electron chi connectivity index (χ1n) is 8.14. The SMILES string of the molecule is Cc1c(CNCCN)sc2c1c(=O)n(CC(C)C)c(=O)n2CCF. The highest BCUT2D eigenvalue weighted by atomic mass is 32.1. The van der Waals surface area contributed by atoms with E-state index in [0.29, 0.717) is 36.4 Å². The molecule has 0 aliphatic heterocycles. The molecule has 0 aromatic carbocycles. The van der Waals surface area contributed by atoms with Crippen LogP contribution < -0.4 is 22.3 Å². The van der Waals surface area contributed by atoms with Crippen molar-refractivity contribution in [2.75, 3.05) is 19.8 Å². The van der Waals surface area contributed by atoms with Crippen LogP contribution in [0.25, 0.3) is 10.2 Å². The van der Waals surface area contributed by atoms with Crippen LogP contribution >= 0.6 is 11.3 Å². The first kappa shape index (κ1) is 18.8. The number of hydrogen-bond donors (Lipinski definition) is 2. The van der Waals surface area contributed by atoms with Crippen LogP contribution in [-0.4, -0.2) is 28.9 Å². The summed E-state index contributed by atoms with van der Waals surface area (Å²) in [6.45, 7) is 7.18. The number of nitrogens with one attached hydrogen (secondary N) is 1. The van der Waals surface area contributed by atoms with Crippen LogP contribution in [0.15, 0.2) is 9.59 Å². The van der Waals surface area contributed by atoms with Crippen LogP contribution in [0.3, 0.4) is 0 Å². The summed E-state index contributed by atoms with van der Waals surface area (Å²) in [5.41, 5.74) is 5.63. The molecule has 6 nitrogen and oxygen atoms in total.